The number of carboxylic acid groups (broad SMARTS) is 1. The maximum Gasteiger partial charge on any atom is 0.329 e. The van der Waals surface area contributed by atoms with Crippen LogP contribution in [-0.4, -0.2) is 36.6 Å². The normalized spacial score (nSPS) is 11.8. The van der Waals surface area contributed by atoms with Gasteiger partial charge in [0.25, 0.3) is 0 Å². The number of hydrazone groups is 1. The third kappa shape index (κ3) is 5.71. The summed E-state index contributed by atoms with van der Waals surface area (Å²) in [6, 6.07) is 3.98. The molecule has 0 saturated carbocycles. The number of hydrogen-bond acceptors (Lipinski definition) is 6. The molecule has 0 aromatic heterocycles. The maximum atomic E-state index is 11.6. The number of rotatable bonds is 7. The predicted molar refractivity (Wildman–Crippen MR) is 85.6 cm³/mol. The monoisotopic (exact) mass is 334 g/mol. The van der Waals surface area contributed by atoms with Crippen molar-refractivity contribution in [3.63, 3.8) is 0 Å². The van der Waals surface area contributed by atoms with E-state index in [-0.39, 0.29) is 11.6 Å². The first-order valence-corrected chi connectivity index (χ1v) is 7.51. The number of hydrogen-bond donors (Lipinski definition) is 2. The Morgan fingerprint density at radius 1 is 1.29 bits per heavy atom. The average Bonchev–Trinajstić information content (AvgIpc) is 2.55. The molecule has 0 bridgehead atoms. The molecule has 8 nitrogen and oxygen atoms in total. The second kappa shape index (κ2) is 9.29. The van der Waals surface area contributed by atoms with Crippen molar-refractivity contribution in [1.29, 1.82) is 0 Å². The van der Waals surface area contributed by atoms with E-state index in [0.717, 1.165) is 0 Å². The van der Waals surface area contributed by atoms with Gasteiger partial charge in [0, 0.05) is 11.6 Å². The summed E-state index contributed by atoms with van der Waals surface area (Å²) in [5.41, 5.74) is 2.36. The number of carboxylic acids is 1. The van der Waals surface area contributed by atoms with Crippen molar-refractivity contribution < 1.29 is 24.2 Å². The highest BCUT2D eigenvalue weighted by atomic mass is 16.5. The van der Waals surface area contributed by atoms with Crippen LogP contribution in [0.15, 0.2) is 23.3 Å². The smallest absolute Gasteiger partial charge is 0.329 e. The van der Waals surface area contributed by atoms with E-state index in [2.05, 4.69) is 15.8 Å². The Labute approximate surface area is 139 Å². The number of amides is 2. The first kappa shape index (κ1) is 19.1. The Morgan fingerprint density at radius 3 is 2.58 bits per heavy atom. The number of carbonyl (C=O) groups excluding carboxylic acids is 3. The Bertz CT molecular complexity index is 643. The highest BCUT2D eigenvalue weighted by Gasteiger charge is 2.14. The lowest BCUT2D eigenvalue weighted by Crippen LogP contribution is -2.41. The van der Waals surface area contributed by atoms with Crippen molar-refractivity contribution in [1.82, 2.24) is 10.7 Å². The number of nitrogens with zero attached hydrogens (tertiary/aromatic N) is 1. The fourth-order valence-electron chi connectivity index (χ4n) is 1.67. The minimum atomic E-state index is -1.34. The van der Waals surface area contributed by atoms with E-state index in [9.17, 15) is 19.5 Å². The third-order valence-corrected chi connectivity index (χ3v) is 3.11. The van der Waals surface area contributed by atoms with Crippen molar-refractivity contribution in [2.24, 2.45) is 5.10 Å². The van der Waals surface area contributed by atoms with Crippen LogP contribution in [0.5, 0.6) is 5.75 Å². The first-order chi connectivity index (χ1) is 11.4. The lowest BCUT2D eigenvalue weighted by Gasteiger charge is -2.10. The van der Waals surface area contributed by atoms with E-state index >= 15 is 0 Å². The molecule has 24 heavy (non-hydrogen) atoms. The highest BCUT2D eigenvalue weighted by molar-refractivity contribution is 6.35. The zero-order chi connectivity index (χ0) is 18.1. The van der Waals surface area contributed by atoms with Crippen LogP contribution < -0.4 is 20.6 Å². The lowest BCUT2D eigenvalue weighted by atomic mass is 10.1. The van der Waals surface area contributed by atoms with Crippen LogP contribution >= 0.6 is 0 Å². The van der Waals surface area contributed by atoms with Gasteiger partial charge in [0.05, 0.1) is 18.8 Å². The van der Waals surface area contributed by atoms with Gasteiger partial charge in [0.2, 0.25) is 0 Å². The lowest BCUT2D eigenvalue weighted by molar-refractivity contribution is -0.255. The summed E-state index contributed by atoms with van der Waals surface area (Å²) in [5.74, 6) is -2.66. The van der Waals surface area contributed by atoms with Gasteiger partial charge >= 0.3 is 11.8 Å². The summed E-state index contributed by atoms with van der Waals surface area (Å²) in [5, 5.41) is 17.1. The molecule has 1 atom stereocenters. The maximum absolute atomic E-state index is 11.6. The van der Waals surface area contributed by atoms with Crippen molar-refractivity contribution >= 4 is 24.0 Å². The quantitative estimate of drug-likeness (QED) is 0.407. The number of benzene rings is 1. The van der Waals surface area contributed by atoms with Crippen molar-refractivity contribution in [2.45, 2.75) is 33.2 Å². The van der Waals surface area contributed by atoms with Gasteiger partial charge in [0.15, 0.2) is 0 Å². The van der Waals surface area contributed by atoms with Gasteiger partial charge in [-0.05, 0) is 44.0 Å². The van der Waals surface area contributed by atoms with Gasteiger partial charge in [-0.1, -0.05) is 6.92 Å². The Hall–Kier alpha value is -2.90. The topological polar surface area (TPSA) is 120 Å². The molecule has 1 aromatic rings. The molecule has 0 radical (unpaired) electrons. The Morgan fingerprint density at radius 2 is 2.00 bits per heavy atom. The minimum Gasteiger partial charge on any atom is -0.545 e. The van der Waals surface area contributed by atoms with E-state index in [0.29, 0.717) is 24.3 Å². The molecule has 0 aliphatic heterocycles. The van der Waals surface area contributed by atoms with Crippen LogP contribution in [0.25, 0.3) is 0 Å². The SMILES string of the molecule is CCOc1ccc(C(=O)[O-])cc1/C=N\NC(=O)C(=O)N[C@H](C)CC. The van der Waals surface area contributed by atoms with Gasteiger partial charge < -0.3 is 20.0 Å². The second-order valence-electron chi connectivity index (χ2n) is 4.95. The van der Waals surface area contributed by atoms with Crippen LogP contribution in [-0.2, 0) is 9.59 Å². The third-order valence-electron chi connectivity index (χ3n) is 3.11. The van der Waals surface area contributed by atoms with Crippen LogP contribution in [0, 0.1) is 0 Å². The number of nitrogens with one attached hydrogen (secondary N) is 2. The van der Waals surface area contributed by atoms with Gasteiger partial charge in [-0.2, -0.15) is 5.10 Å². The van der Waals surface area contributed by atoms with Crippen LogP contribution in [0.1, 0.15) is 43.1 Å². The van der Waals surface area contributed by atoms with Crippen LogP contribution in [0.4, 0.5) is 0 Å². The Kier molecular flexibility index (Phi) is 7.41. The molecule has 0 aliphatic rings. The summed E-state index contributed by atoms with van der Waals surface area (Å²) >= 11 is 0. The predicted octanol–water partition coefficient (Wildman–Crippen LogP) is -0.186. The standard InChI is InChI=1S/C16H21N3O5/c1-4-10(3)18-14(20)15(21)19-17-9-12-8-11(16(22)23)6-7-13(12)24-5-2/h6-10H,4-5H2,1-3H3,(H,18,20)(H,19,21)(H,22,23)/p-1/b17-9-/t10-/m1/s1. The van der Waals surface area contributed by atoms with Crippen molar-refractivity contribution in [3.05, 3.63) is 29.3 Å². The molecule has 2 amide bonds. The zero-order valence-corrected chi connectivity index (χ0v) is 13.8. The zero-order valence-electron chi connectivity index (χ0n) is 13.8. The highest BCUT2D eigenvalue weighted by Crippen LogP contribution is 2.18. The molecule has 130 valence electrons. The molecule has 1 aromatic carbocycles. The van der Waals surface area contributed by atoms with Gasteiger partial charge in [-0.25, -0.2) is 5.43 Å². The van der Waals surface area contributed by atoms with E-state index < -0.39 is 17.8 Å². The first-order valence-electron chi connectivity index (χ1n) is 7.51. The summed E-state index contributed by atoms with van der Waals surface area (Å²) in [7, 11) is 0. The van der Waals surface area contributed by atoms with E-state index in [1.54, 1.807) is 13.8 Å². The van der Waals surface area contributed by atoms with Crippen molar-refractivity contribution in [3.8, 4) is 5.75 Å². The molecule has 0 fully saturated rings. The molecule has 0 heterocycles. The van der Waals surface area contributed by atoms with Gasteiger partial charge in [-0.15, -0.1) is 0 Å². The Balaban J connectivity index is 2.81. The summed E-state index contributed by atoms with van der Waals surface area (Å²) < 4.78 is 5.35. The fourth-order valence-corrected chi connectivity index (χ4v) is 1.67. The molecule has 8 heteroatoms. The molecule has 0 unspecified atom stereocenters. The molecular weight excluding hydrogens is 314 g/mol. The van der Waals surface area contributed by atoms with Crippen molar-refractivity contribution in [2.75, 3.05) is 6.61 Å². The average molecular weight is 334 g/mol. The molecule has 0 saturated heterocycles. The summed E-state index contributed by atoms with van der Waals surface area (Å²) in [6.07, 6.45) is 1.89. The molecular formula is C16H20N3O5-. The molecule has 0 aliphatic carbocycles. The molecule has 0 spiro atoms. The fraction of sp³-hybridized carbons (Fsp3) is 0.375. The second-order valence-corrected chi connectivity index (χ2v) is 4.95. The van der Waals surface area contributed by atoms with E-state index in [1.807, 2.05) is 6.92 Å². The number of ether oxygens (including phenoxy) is 1. The van der Waals surface area contributed by atoms with Crippen LogP contribution in [0.3, 0.4) is 0 Å². The van der Waals surface area contributed by atoms with E-state index in [4.69, 9.17) is 4.74 Å². The molecule has 2 N–H and O–H groups in total. The minimum absolute atomic E-state index is 0.0549. The number of carbonyl (C=O) groups is 3. The summed E-state index contributed by atoms with van der Waals surface area (Å²) in [6.45, 7) is 5.79. The van der Waals surface area contributed by atoms with Crippen LogP contribution in [0.2, 0.25) is 0 Å². The van der Waals surface area contributed by atoms with Gasteiger partial charge in [0.1, 0.15) is 5.75 Å². The van der Waals surface area contributed by atoms with E-state index in [1.165, 1.54) is 24.4 Å². The summed E-state index contributed by atoms with van der Waals surface area (Å²) in [4.78, 5) is 34.1. The number of aromatic carboxylic acids is 1. The largest absolute Gasteiger partial charge is 0.545 e. The van der Waals surface area contributed by atoms with Gasteiger partial charge in [-0.3, -0.25) is 9.59 Å². The molecule has 1 rings (SSSR count).